The smallest absolute Gasteiger partial charge is 0.428 e. The summed E-state index contributed by atoms with van der Waals surface area (Å²) in [5.41, 5.74) is 2.29. The average molecular weight is 379 g/mol. The number of esters is 1. The van der Waals surface area contributed by atoms with E-state index in [-0.39, 0.29) is 19.7 Å². The average Bonchev–Trinajstić information content (AvgIpc) is 2.61. The molecule has 1 N–H and O–H groups in total. The summed E-state index contributed by atoms with van der Waals surface area (Å²) in [7, 11) is 1.22. The largest absolute Gasteiger partial charge is 0.468 e. The summed E-state index contributed by atoms with van der Waals surface area (Å²) in [6.07, 6.45) is -0.200. The standard InChI is InChI=1S/C18H25N3O6/c1-18(2,3)27-17(24)21(12-15(22)25-4)11-10-19-20-16(23)26-13-14-8-6-5-7-9-14/h5-10H,11-13H2,1-4H3,(H,20,23)/b19-10+. The first kappa shape index (κ1) is 21.9. The Morgan fingerprint density at radius 1 is 1.19 bits per heavy atom. The molecule has 0 atom stereocenters. The van der Waals surface area contributed by atoms with Crippen molar-refractivity contribution in [2.45, 2.75) is 33.0 Å². The zero-order valence-corrected chi connectivity index (χ0v) is 15.9. The number of nitrogens with one attached hydrogen (secondary N) is 1. The number of hydrazone groups is 1. The molecule has 0 aliphatic heterocycles. The van der Waals surface area contributed by atoms with Gasteiger partial charge in [-0.05, 0) is 26.3 Å². The van der Waals surface area contributed by atoms with Gasteiger partial charge < -0.3 is 14.2 Å². The van der Waals surface area contributed by atoms with Gasteiger partial charge in [-0.3, -0.25) is 9.69 Å². The van der Waals surface area contributed by atoms with Crippen molar-refractivity contribution in [3.8, 4) is 0 Å². The number of carbonyl (C=O) groups is 3. The number of benzene rings is 1. The minimum atomic E-state index is -0.744. The van der Waals surface area contributed by atoms with Gasteiger partial charge in [-0.15, -0.1) is 0 Å². The second kappa shape index (κ2) is 10.8. The third-order valence-electron chi connectivity index (χ3n) is 2.96. The highest BCUT2D eigenvalue weighted by molar-refractivity contribution is 5.80. The van der Waals surface area contributed by atoms with Crippen LogP contribution in [0.4, 0.5) is 9.59 Å². The number of carbonyl (C=O) groups excluding carboxylic acids is 3. The summed E-state index contributed by atoms with van der Waals surface area (Å²) in [6, 6.07) is 9.17. The van der Waals surface area contributed by atoms with Gasteiger partial charge in [-0.1, -0.05) is 30.3 Å². The van der Waals surface area contributed by atoms with E-state index in [4.69, 9.17) is 9.47 Å². The lowest BCUT2D eigenvalue weighted by molar-refractivity contribution is -0.141. The molecule has 0 aliphatic carbocycles. The van der Waals surface area contributed by atoms with Crippen LogP contribution in [0.25, 0.3) is 0 Å². The number of hydrogen-bond acceptors (Lipinski definition) is 7. The lowest BCUT2D eigenvalue weighted by Gasteiger charge is -2.25. The van der Waals surface area contributed by atoms with Crippen molar-refractivity contribution < 1.29 is 28.6 Å². The summed E-state index contributed by atoms with van der Waals surface area (Å²) >= 11 is 0. The predicted octanol–water partition coefficient (Wildman–Crippen LogP) is 2.31. The molecule has 0 fully saturated rings. The maximum atomic E-state index is 12.1. The highest BCUT2D eigenvalue weighted by Crippen LogP contribution is 2.09. The van der Waals surface area contributed by atoms with Gasteiger partial charge in [0.2, 0.25) is 0 Å². The molecule has 9 heteroatoms. The van der Waals surface area contributed by atoms with Crippen LogP contribution in [0.15, 0.2) is 35.4 Å². The maximum absolute atomic E-state index is 12.1. The minimum absolute atomic E-state index is 0.0665. The Labute approximate surface area is 158 Å². The van der Waals surface area contributed by atoms with Crippen molar-refractivity contribution in [3.63, 3.8) is 0 Å². The van der Waals surface area contributed by atoms with Crippen LogP contribution in [0.1, 0.15) is 26.3 Å². The SMILES string of the molecule is COC(=O)CN(C/C=N/NC(=O)OCc1ccccc1)C(=O)OC(C)(C)C. The highest BCUT2D eigenvalue weighted by Gasteiger charge is 2.23. The summed E-state index contributed by atoms with van der Waals surface area (Å²) in [5, 5.41) is 3.68. The van der Waals surface area contributed by atoms with Gasteiger partial charge in [0.15, 0.2) is 0 Å². The lowest BCUT2D eigenvalue weighted by Crippen LogP contribution is -2.41. The van der Waals surface area contributed by atoms with E-state index in [1.54, 1.807) is 20.8 Å². The molecule has 9 nitrogen and oxygen atoms in total. The molecule has 1 aromatic rings. The van der Waals surface area contributed by atoms with E-state index in [1.165, 1.54) is 13.3 Å². The van der Waals surface area contributed by atoms with Gasteiger partial charge in [0.1, 0.15) is 18.8 Å². The number of ether oxygens (including phenoxy) is 3. The van der Waals surface area contributed by atoms with Crippen LogP contribution in [0.5, 0.6) is 0 Å². The van der Waals surface area contributed by atoms with Crippen LogP contribution in [0.3, 0.4) is 0 Å². The molecule has 0 saturated heterocycles. The first-order chi connectivity index (χ1) is 12.7. The van der Waals surface area contributed by atoms with Crippen molar-refractivity contribution >= 4 is 24.4 Å². The van der Waals surface area contributed by atoms with Crippen LogP contribution in [0, 0.1) is 0 Å². The lowest BCUT2D eigenvalue weighted by atomic mass is 10.2. The van der Waals surface area contributed by atoms with E-state index >= 15 is 0 Å². The van der Waals surface area contributed by atoms with Crippen LogP contribution in [0.2, 0.25) is 0 Å². The molecule has 0 saturated carbocycles. The van der Waals surface area contributed by atoms with Gasteiger partial charge in [0, 0.05) is 6.21 Å². The maximum Gasteiger partial charge on any atom is 0.428 e. The topological polar surface area (TPSA) is 107 Å². The highest BCUT2D eigenvalue weighted by atomic mass is 16.6. The molecule has 148 valence electrons. The predicted molar refractivity (Wildman–Crippen MR) is 98.1 cm³/mol. The Balaban J connectivity index is 2.49. The Bertz CT molecular complexity index is 655. The van der Waals surface area contributed by atoms with Gasteiger partial charge in [0.05, 0.1) is 13.7 Å². The monoisotopic (exact) mass is 379 g/mol. The van der Waals surface area contributed by atoms with E-state index in [1.807, 2.05) is 30.3 Å². The normalized spacial score (nSPS) is 11.0. The molecule has 1 rings (SSSR count). The third-order valence-corrected chi connectivity index (χ3v) is 2.96. The van der Waals surface area contributed by atoms with Crippen molar-refractivity contribution in [1.29, 1.82) is 0 Å². The Hall–Kier alpha value is -3.10. The number of amides is 2. The van der Waals surface area contributed by atoms with Gasteiger partial charge in [0.25, 0.3) is 0 Å². The van der Waals surface area contributed by atoms with E-state index in [2.05, 4.69) is 15.3 Å². The Kier molecular flexibility index (Phi) is 8.77. The first-order valence-corrected chi connectivity index (χ1v) is 8.24. The second-order valence-corrected chi connectivity index (χ2v) is 6.42. The van der Waals surface area contributed by atoms with Crippen LogP contribution >= 0.6 is 0 Å². The molecule has 0 aliphatic rings. The van der Waals surface area contributed by atoms with E-state index < -0.39 is 23.8 Å². The van der Waals surface area contributed by atoms with E-state index in [0.29, 0.717) is 0 Å². The molecule has 0 bridgehead atoms. The van der Waals surface area contributed by atoms with E-state index in [0.717, 1.165) is 10.5 Å². The van der Waals surface area contributed by atoms with Gasteiger partial charge in [-0.2, -0.15) is 5.10 Å². The fourth-order valence-corrected chi connectivity index (χ4v) is 1.74. The summed E-state index contributed by atoms with van der Waals surface area (Å²) in [6.45, 7) is 4.85. The summed E-state index contributed by atoms with van der Waals surface area (Å²) in [4.78, 5) is 36.2. The Morgan fingerprint density at radius 3 is 2.44 bits per heavy atom. The Morgan fingerprint density at radius 2 is 1.85 bits per heavy atom. The first-order valence-electron chi connectivity index (χ1n) is 8.24. The summed E-state index contributed by atoms with van der Waals surface area (Å²) < 4.78 is 14.8. The van der Waals surface area contributed by atoms with E-state index in [9.17, 15) is 14.4 Å². The number of hydrogen-bond donors (Lipinski definition) is 1. The third kappa shape index (κ3) is 9.83. The molecule has 0 heterocycles. The summed E-state index contributed by atoms with van der Waals surface area (Å²) in [5.74, 6) is -0.607. The number of rotatable bonds is 7. The van der Waals surface area contributed by atoms with Crippen LogP contribution in [-0.4, -0.2) is 55.1 Å². The van der Waals surface area contributed by atoms with Gasteiger partial charge >= 0.3 is 18.2 Å². The fraction of sp³-hybridized carbons (Fsp3) is 0.444. The zero-order valence-electron chi connectivity index (χ0n) is 15.9. The molecule has 0 radical (unpaired) electrons. The quantitative estimate of drug-likeness (QED) is 0.337. The molecular formula is C18H25N3O6. The molecular weight excluding hydrogens is 354 g/mol. The fourth-order valence-electron chi connectivity index (χ4n) is 1.74. The van der Waals surface area contributed by atoms with Crippen molar-refractivity contribution in [3.05, 3.63) is 35.9 Å². The molecule has 1 aromatic carbocycles. The van der Waals surface area contributed by atoms with Crippen molar-refractivity contribution in [2.75, 3.05) is 20.2 Å². The molecule has 2 amide bonds. The molecule has 0 unspecified atom stereocenters. The molecule has 0 aromatic heterocycles. The number of methoxy groups -OCH3 is 1. The zero-order chi connectivity index (χ0) is 20.3. The number of nitrogens with zero attached hydrogens (tertiary/aromatic N) is 2. The molecule has 27 heavy (non-hydrogen) atoms. The van der Waals surface area contributed by atoms with Gasteiger partial charge in [-0.25, -0.2) is 15.0 Å². The minimum Gasteiger partial charge on any atom is -0.468 e. The van der Waals surface area contributed by atoms with Crippen molar-refractivity contribution in [2.24, 2.45) is 5.10 Å². The molecule has 0 spiro atoms. The van der Waals surface area contributed by atoms with Crippen LogP contribution in [-0.2, 0) is 25.6 Å². The second-order valence-electron chi connectivity index (χ2n) is 6.42. The van der Waals surface area contributed by atoms with Crippen molar-refractivity contribution in [1.82, 2.24) is 10.3 Å². The van der Waals surface area contributed by atoms with Crippen LogP contribution < -0.4 is 5.43 Å².